The Bertz CT molecular complexity index is 1410. The van der Waals surface area contributed by atoms with Gasteiger partial charge in [0, 0.05) is 6.04 Å². The van der Waals surface area contributed by atoms with Gasteiger partial charge >= 0.3 is 0 Å². The van der Waals surface area contributed by atoms with E-state index in [1.54, 1.807) is 43.3 Å². The smallest absolute Gasteiger partial charge is 0.291 e. The molecule has 32 heavy (non-hydrogen) atoms. The maximum atomic E-state index is 13.5. The van der Waals surface area contributed by atoms with Gasteiger partial charge in [-0.25, -0.2) is 8.42 Å². The maximum absolute atomic E-state index is 13.5. The zero-order valence-electron chi connectivity index (χ0n) is 17.3. The lowest BCUT2D eigenvalue weighted by Gasteiger charge is -2.30. The Morgan fingerprint density at radius 3 is 2.69 bits per heavy atom. The average molecular weight is 455 g/mol. The van der Waals surface area contributed by atoms with E-state index in [4.69, 9.17) is 9.15 Å². The van der Waals surface area contributed by atoms with Crippen LogP contribution < -0.4 is 10.2 Å². The molecule has 0 radical (unpaired) electrons. The number of aromatic hydroxyl groups is 1. The normalized spacial score (nSPS) is 21.8. The SMILES string of the molecule is CCOc1cc([C@@H]2c3c(oc4ccccc4c3=O)C(=O)N2[C@H]2CCS(=O)(=O)C2)ccc1O. The fraction of sp³-hybridized carbons (Fsp3) is 0.304. The maximum Gasteiger partial charge on any atom is 0.291 e. The van der Waals surface area contributed by atoms with Crippen LogP contribution in [0.25, 0.3) is 11.0 Å². The Kier molecular flexibility index (Phi) is 4.74. The van der Waals surface area contributed by atoms with Gasteiger partial charge in [0.05, 0.1) is 35.1 Å². The number of amides is 1. The lowest BCUT2D eigenvalue weighted by molar-refractivity contribution is 0.0662. The fourth-order valence-corrected chi connectivity index (χ4v) is 6.32. The lowest BCUT2D eigenvalue weighted by atomic mass is 9.97. The number of fused-ring (bicyclic) bond motifs is 2. The monoisotopic (exact) mass is 455 g/mol. The molecule has 3 aromatic rings. The molecule has 9 heteroatoms. The van der Waals surface area contributed by atoms with E-state index in [2.05, 4.69) is 0 Å². The molecular weight excluding hydrogens is 434 g/mol. The second kappa shape index (κ2) is 7.37. The van der Waals surface area contributed by atoms with Gasteiger partial charge in [-0.3, -0.25) is 9.59 Å². The summed E-state index contributed by atoms with van der Waals surface area (Å²) < 4.78 is 35.7. The number of nitrogens with zero attached hydrogens (tertiary/aromatic N) is 1. The van der Waals surface area contributed by atoms with Gasteiger partial charge in [0.2, 0.25) is 5.76 Å². The summed E-state index contributed by atoms with van der Waals surface area (Å²) in [6.45, 7) is 2.09. The van der Waals surface area contributed by atoms with Gasteiger partial charge in [0.25, 0.3) is 5.91 Å². The van der Waals surface area contributed by atoms with Crippen LogP contribution in [0.1, 0.15) is 41.1 Å². The van der Waals surface area contributed by atoms with Crippen LogP contribution in [-0.2, 0) is 9.84 Å². The first kappa shape index (κ1) is 20.6. The first-order chi connectivity index (χ1) is 15.3. The standard InChI is InChI=1S/C23H21NO7S/c1-2-30-18-11-13(7-8-16(18)25)20-19-21(26)15-5-3-4-6-17(15)31-22(19)23(27)24(20)14-9-10-32(28,29)12-14/h3-8,11,14,20,25H,2,9-10,12H2,1H3/t14-,20+/m0/s1. The van der Waals surface area contributed by atoms with Crippen molar-refractivity contribution in [2.24, 2.45) is 0 Å². The minimum Gasteiger partial charge on any atom is -0.504 e. The molecule has 2 aliphatic rings. The average Bonchev–Trinajstić information content (AvgIpc) is 3.27. The molecule has 1 N–H and O–H groups in total. The van der Waals surface area contributed by atoms with E-state index >= 15 is 0 Å². The number of hydrogen-bond donors (Lipinski definition) is 1. The number of sulfone groups is 1. The van der Waals surface area contributed by atoms with Crippen molar-refractivity contribution < 1.29 is 27.5 Å². The van der Waals surface area contributed by atoms with Gasteiger partial charge in [-0.15, -0.1) is 0 Å². The molecule has 0 spiro atoms. The molecule has 1 aromatic heterocycles. The van der Waals surface area contributed by atoms with E-state index in [0.717, 1.165) is 0 Å². The number of para-hydroxylation sites is 1. The molecule has 0 aliphatic carbocycles. The van der Waals surface area contributed by atoms with Crippen molar-refractivity contribution >= 4 is 26.7 Å². The zero-order chi connectivity index (χ0) is 22.6. The van der Waals surface area contributed by atoms with Crippen molar-refractivity contribution in [2.45, 2.75) is 25.4 Å². The van der Waals surface area contributed by atoms with Crippen molar-refractivity contribution in [1.29, 1.82) is 0 Å². The summed E-state index contributed by atoms with van der Waals surface area (Å²) in [6, 6.07) is 9.87. The molecule has 1 saturated heterocycles. The van der Waals surface area contributed by atoms with Crippen molar-refractivity contribution in [3.05, 3.63) is 69.6 Å². The van der Waals surface area contributed by atoms with Crippen molar-refractivity contribution in [3.8, 4) is 11.5 Å². The van der Waals surface area contributed by atoms with Gasteiger partial charge in [-0.2, -0.15) is 0 Å². The van der Waals surface area contributed by atoms with E-state index in [9.17, 15) is 23.1 Å². The Morgan fingerprint density at radius 2 is 1.97 bits per heavy atom. The highest BCUT2D eigenvalue weighted by Crippen LogP contribution is 2.43. The summed E-state index contributed by atoms with van der Waals surface area (Å²) in [5.41, 5.74) is 0.663. The third-order valence-electron chi connectivity index (χ3n) is 6.01. The van der Waals surface area contributed by atoms with E-state index in [1.807, 2.05) is 0 Å². The molecule has 8 nitrogen and oxygen atoms in total. The molecule has 166 valence electrons. The number of ether oxygens (including phenoxy) is 1. The second-order valence-electron chi connectivity index (χ2n) is 8.00. The van der Waals surface area contributed by atoms with E-state index in [0.29, 0.717) is 23.1 Å². The van der Waals surface area contributed by atoms with Crippen LogP contribution >= 0.6 is 0 Å². The Balaban J connectivity index is 1.75. The minimum atomic E-state index is -3.29. The van der Waals surface area contributed by atoms with Crippen molar-refractivity contribution in [3.63, 3.8) is 0 Å². The Labute approximate surface area is 183 Å². The van der Waals surface area contributed by atoms with Crippen LogP contribution in [0.4, 0.5) is 0 Å². The van der Waals surface area contributed by atoms with Crippen LogP contribution in [0, 0.1) is 0 Å². The molecule has 3 heterocycles. The van der Waals surface area contributed by atoms with E-state index in [1.165, 1.54) is 11.0 Å². The van der Waals surface area contributed by atoms with Gasteiger partial charge < -0.3 is 19.2 Å². The number of rotatable bonds is 4. The van der Waals surface area contributed by atoms with Crippen molar-refractivity contribution in [1.82, 2.24) is 4.90 Å². The van der Waals surface area contributed by atoms with Gasteiger partial charge in [0.1, 0.15) is 5.58 Å². The predicted octanol–water partition coefficient (Wildman–Crippen LogP) is 2.63. The largest absolute Gasteiger partial charge is 0.504 e. The number of benzene rings is 2. The number of carbonyl (C=O) groups excluding carboxylic acids is 1. The van der Waals surface area contributed by atoms with E-state index in [-0.39, 0.29) is 46.2 Å². The lowest BCUT2D eigenvalue weighted by Crippen LogP contribution is -2.40. The molecule has 0 unspecified atom stereocenters. The quantitative estimate of drug-likeness (QED) is 0.643. The number of carbonyl (C=O) groups is 1. The van der Waals surface area contributed by atoms with Gasteiger partial charge in [0.15, 0.2) is 26.8 Å². The third-order valence-corrected chi connectivity index (χ3v) is 7.76. The first-order valence-electron chi connectivity index (χ1n) is 10.3. The number of hydrogen-bond acceptors (Lipinski definition) is 7. The van der Waals surface area contributed by atoms with Crippen LogP contribution in [0.15, 0.2) is 51.7 Å². The van der Waals surface area contributed by atoms with Gasteiger partial charge in [-0.05, 0) is 43.2 Å². The molecule has 0 saturated carbocycles. The molecular formula is C23H21NO7S. The Morgan fingerprint density at radius 1 is 1.19 bits per heavy atom. The highest BCUT2D eigenvalue weighted by Gasteiger charge is 2.48. The fourth-order valence-electron chi connectivity index (χ4n) is 4.61. The van der Waals surface area contributed by atoms with Crippen molar-refractivity contribution in [2.75, 3.05) is 18.1 Å². The predicted molar refractivity (Wildman–Crippen MR) is 117 cm³/mol. The number of phenolic OH excluding ortho intramolecular Hbond substituents is 1. The number of phenols is 1. The van der Waals surface area contributed by atoms with E-state index < -0.39 is 27.8 Å². The zero-order valence-corrected chi connectivity index (χ0v) is 18.1. The van der Waals surface area contributed by atoms with Gasteiger partial charge in [-0.1, -0.05) is 18.2 Å². The van der Waals surface area contributed by atoms with Crippen LogP contribution in [0.2, 0.25) is 0 Å². The summed E-state index contributed by atoms with van der Waals surface area (Å²) in [4.78, 5) is 28.4. The molecule has 2 atom stereocenters. The molecule has 0 bridgehead atoms. The van der Waals surface area contributed by atoms with Crippen LogP contribution in [0.3, 0.4) is 0 Å². The summed E-state index contributed by atoms with van der Waals surface area (Å²) in [5, 5.41) is 10.5. The Hall–Kier alpha value is -3.33. The van der Waals surface area contributed by atoms with Crippen LogP contribution in [-0.4, -0.2) is 48.5 Å². The van der Waals surface area contributed by atoms with Crippen LogP contribution in [0.5, 0.6) is 11.5 Å². The third kappa shape index (κ3) is 3.15. The minimum absolute atomic E-state index is 0.0202. The second-order valence-corrected chi connectivity index (χ2v) is 10.2. The molecule has 5 rings (SSSR count). The highest BCUT2D eigenvalue weighted by atomic mass is 32.2. The summed E-state index contributed by atoms with van der Waals surface area (Å²) >= 11 is 0. The molecule has 2 aliphatic heterocycles. The first-order valence-corrected chi connectivity index (χ1v) is 12.2. The highest BCUT2D eigenvalue weighted by molar-refractivity contribution is 7.91. The topological polar surface area (TPSA) is 114 Å². The summed E-state index contributed by atoms with van der Waals surface area (Å²) in [6.07, 6.45) is 0.280. The summed E-state index contributed by atoms with van der Waals surface area (Å²) in [7, 11) is -3.29. The summed E-state index contributed by atoms with van der Waals surface area (Å²) in [5.74, 6) is -0.633. The molecule has 2 aromatic carbocycles. The molecule has 1 amide bonds. The molecule has 1 fully saturated rings.